The van der Waals surface area contributed by atoms with E-state index >= 15 is 0 Å². The van der Waals surface area contributed by atoms with E-state index in [-0.39, 0.29) is 17.5 Å². The molecular weight excluding hydrogens is 249 g/mol. The minimum absolute atomic E-state index is 0.0254. The molecule has 1 heterocycles. The highest BCUT2D eigenvalue weighted by Gasteiger charge is 2.18. The molecule has 0 amide bonds. The first-order chi connectivity index (χ1) is 9.19. The van der Waals surface area contributed by atoms with Crippen LogP contribution in [0.4, 0.5) is 4.39 Å². The number of nitrogens with zero attached hydrogens (tertiary/aromatic N) is 2. The fourth-order valence-corrected chi connectivity index (χ4v) is 1.78. The van der Waals surface area contributed by atoms with E-state index in [4.69, 9.17) is 9.15 Å². The van der Waals surface area contributed by atoms with Gasteiger partial charge in [0.05, 0.1) is 18.7 Å². The maximum absolute atomic E-state index is 13.9. The van der Waals surface area contributed by atoms with E-state index in [0.717, 1.165) is 6.42 Å². The van der Waals surface area contributed by atoms with Crippen molar-refractivity contribution in [3.63, 3.8) is 0 Å². The molecule has 102 valence electrons. The Hall–Kier alpha value is -1.95. The van der Waals surface area contributed by atoms with Gasteiger partial charge in [-0.3, -0.25) is 0 Å². The van der Waals surface area contributed by atoms with Gasteiger partial charge in [0.25, 0.3) is 5.89 Å². The molecule has 1 aromatic heterocycles. The van der Waals surface area contributed by atoms with Crippen molar-refractivity contribution < 1.29 is 13.5 Å². The maximum atomic E-state index is 13.9. The Morgan fingerprint density at radius 1 is 1.42 bits per heavy atom. The van der Waals surface area contributed by atoms with Crippen LogP contribution < -0.4 is 10.1 Å². The second-order valence-electron chi connectivity index (χ2n) is 4.04. The van der Waals surface area contributed by atoms with Gasteiger partial charge in [-0.15, -0.1) is 10.2 Å². The molecule has 0 spiro atoms. The first kappa shape index (κ1) is 13.5. The van der Waals surface area contributed by atoms with Crippen molar-refractivity contribution >= 4 is 0 Å². The Balaban J connectivity index is 2.32. The number of rotatable bonds is 5. The number of hydrogen-bond donors (Lipinski definition) is 1. The minimum Gasteiger partial charge on any atom is -0.497 e. The van der Waals surface area contributed by atoms with Gasteiger partial charge in [-0.2, -0.15) is 0 Å². The first-order valence-corrected chi connectivity index (χ1v) is 6.04. The molecule has 1 aromatic carbocycles. The fraction of sp³-hybridized carbons (Fsp3) is 0.385. The Kier molecular flexibility index (Phi) is 4.11. The molecule has 5 nitrogen and oxygen atoms in total. The molecule has 0 saturated carbocycles. The van der Waals surface area contributed by atoms with Crippen molar-refractivity contribution in [2.45, 2.75) is 19.4 Å². The van der Waals surface area contributed by atoms with Gasteiger partial charge in [0.1, 0.15) is 11.6 Å². The number of nitrogens with one attached hydrogen (secondary N) is 1. The number of ether oxygens (including phenoxy) is 1. The fourth-order valence-electron chi connectivity index (χ4n) is 1.78. The van der Waals surface area contributed by atoms with Crippen LogP contribution in [0.15, 0.2) is 22.6 Å². The summed E-state index contributed by atoms with van der Waals surface area (Å²) in [6.07, 6.45) is 0.809. The lowest BCUT2D eigenvalue weighted by Crippen LogP contribution is -2.15. The lowest BCUT2D eigenvalue weighted by molar-refractivity contribution is 0.408. The average Bonchev–Trinajstić information content (AvgIpc) is 2.89. The van der Waals surface area contributed by atoms with Gasteiger partial charge in [-0.05, 0) is 25.6 Å². The topological polar surface area (TPSA) is 60.2 Å². The van der Waals surface area contributed by atoms with Crippen molar-refractivity contribution in [3.05, 3.63) is 29.9 Å². The zero-order valence-electron chi connectivity index (χ0n) is 11.1. The number of aromatic nitrogens is 2. The smallest absolute Gasteiger partial charge is 0.250 e. The van der Waals surface area contributed by atoms with Crippen LogP contribution >= 0.6 is 0 Å². The summed E-state index contributed by atoms with van der Waals surface area (Å²) in [6, 6.07) is 4.47. The van der Waals surface area contributed by atoms with Crippen LogP contribution in [0.1, 0.15) is 25.3 Å². The molecule has 19 heavy (non-hydrogen) atoms. The van der Waals surface area contributed by atoms with E-state index in [9.17, 15) is 4.39 Å². The highest BCUT2D eigenvalue weighted by Crippen LogP contribution is 2.26. The van der Waals surface area contributed by atoms with Gasteiger partial charge < -0.3 is 14.5 Å². The van der Waals surface area contributed by atoms with Crippen molar-refractivity contribution in [3.8, 4) is 17.2 Å². The lowest BCUT2D eigenvalue weighted by Gasteiger charge is -2.07. The van der Waals surface area contributed by atoms with Gasteiger partial charge in [-0.25, -0.2) is 4.39 Å². The van der Waals surface area contributed by atoms with E-state index in [2.05, 4.69) is 15.5 Å². The third kappa shape index (κ3) is 2.73. The first-order valence-electron chi connectivity index (χ1n) is 6.04. The molecule has 1 atom stereocenters. The Morgan fingerprint density at radius 2 is 2.21 bits per heavy atom. The van der Waals surface area contributed by atoms with Crippen LogP contribution in [0.3, 0.4) is 0 Å². The predicted molar refractivity (Wildman–Crippen MR) is 68.3 cm³/mol. The second kappa shape index (κ2) is 5.79. The number of halogens is 1. The third-order valence-electron chi connectivity index (χ3n) is 2.90. The standard InChI is InChI=1S/C13H16FN3O2/c1-4-11(15-2)13-17-16-12(19-13)9-6-5-8(18-3)7-10(9)14/h5-7,11,15H,4H2,1-3H3. The Labute approximate surface area is 110 Å². The van der Waals surface area contributed by atoms with Crippen LogP contribution in [0, 0.1) is 5.82 Å². The molecule has 2 aromatic rings. The van der Waals surface area contributed by atoms with Crippen LogP contribution in [0.25, 0.3) is 11.5 Å². The summed E-state index contributed by atoms with van der Waals surface area (Å²) in [5, 5.41) is 10.9. The summed E-state index contributed by atoms with van der Waals surface area (Å²) in [6.45, 7) is 2.00. The maximum Gasteiger partial charge on any atom is 0.250 e. The SMILES string of the molecule is CCC(NC)c1nnc(-c2ccc(OC)cc2F)o1. The lowest BCUT2D eigenvalue weighted by atomic mass is 10.2. The summed E-state index contributed by atoms with van der Waals surface area (Å²) in [5.74, 6) is 0.619. The van der Waals surface area contributed by atoms with Crippen molar-refractivity contribution in [2.75, 3.05) is 14.2 Å². The molecule has 2 rings (SSSR count). The molecular formula is C13H16FN3O2. The van der Waals surface area contributed by atoms with Gasteiger partial charge >= 0.3 is 0 Å². The van der Waals surface area contributed by atoms with E-state index in [0.29, 0.717) is 11.6 Å². The zero-order valence-corrected chi connectivity index (χ0v) is 11.1. The predicted octanol–water partition coefficient (Wildman–Crippen LogP) is 2.55. The monoisotopic (exact) mass is 265 g/mol. The average molecular weight is 265 g/mol. The van der Waals surface area contributed by atoms with Gasteiger partial charge in [-0.1, -0.05) is 6.92 Å². The molecule has 6 heteroatoms. The Bertz CT molecular complexity index is 553. The molecule has 1 N–H and O–H groups in total. The van der Waals surface area contributed by atoms with E-state index in [1.165, 1.54) is 13.2 Å². The highest BCUT2D eigenvalue weighted by atomic mass is 19.1. The minimum atomic E-state index is -0.452. The quantitative estimate of drug-likeness (QED) is 0.900. The summed E-state index contributed by atoms with van der Waals surface area (Å²) in [4.78, 5) is 0. The largest absolute Gasteiger partial charge is 0.497 e. The van der Waals surface area contributed by atoms with Gasteiger partial charge in [0.2, 0.25) is 5.89 Å². The van der Waals surface area contributed by atoms with Gasteiger partial charge in [0, 0.05) is 6.07 Å². The second-order valence-corrected chi connectivity index (χ2v) is 4.04. The van der Waals surface area contributed by atoms with Crippen LogP contribution in [-0.2, 0) is 0 Å². The van der Waals surface area contributed by atoms with E-state index in [1.54, 1.807) is 12.1 Å². The van der Waals surface area contributed by atoms with Crippen LogP contribution in [-0.4, -0.2) is 24.4 Å². The van der Waals surface area contributed by atoms with Crippen molar-refractivity contribution in [1.29, 1.82) is 0 Å². The van der Waals surface area contributed by atoms with E-state index in [1.807, 2.05) is 14.0 Å². The molecule has 0 fully saturated rings. The van der Waals surface area contributed by atoms with Crippen LogP contribution in [0.2, 0.25) is 0 Å². The van der Waals surface area contributed by atoms with Crippen molar-refractivity contribution in [2.24, 2.45) is 0 Å². The van der Waals surface area contributed by atoms with Crippen LogP contribution in [0.5, 0.6) is 5.75 Å². The summed E-state index contributed by atoms with van der Waals surface area (Å²) in [7, 11) is 3.30. The normalized spacial score (nSPS) is 12.4. The highest BCUT2D eigenvalue weighted by molar-refractivity contribution is 5.55. The number of benzene rings is 1. The molecule has 0 aliphatic heterocycles. The summed E-state index contributed by atoms with van der Waals surface area (Å²) >= 11 is 0. The molecule has 0 aliphatic rings. The molecule has 0 radical (unpaired) electrons. The zero-order chi connectivity index (χ0) is 13.8. The Morgan fingerprint density at radius 3 is 2.79 bits per heavy atom. The third-order valence-corrected chi connectivity index (χ3v) is 2.90. The van der Waals surface area contributed by atoms with Crippen molar-refractivity contribution in [1.82, 2.24) is 15.5 Å². The number of methoxy groups -OCH3 is 1. The summed E-state index contributed by atoms with van der Waals surface area (Å²) < 4.78 is 24.3. The van der Waals surface area contributed by atoms with E-state index < -0.39 is 5.82 Å². The summed E-state index contributed by atoms with van der Waals surface area (Å²) in [5.41, 5.74) is 0.269. The molecule has 1 unspecified atom stereocenters. The van der Waals surface area contributed by atoms with Gasteiger partial charge in [0.15, 0.2) is 0 Å². The number of hydrogen-bond acceptors (Lipinski definition) is 5. The molecule has 0 saturated heterocycles. The molecule has 0 aliphatic carbocycles. The molecule has 0 bridgehead atoms.